The molecule has 5 nitrogen and oxygen atoms in total. The standard InChI is InChI=1S/C12H15N3O2S/c13-6-9-3-5-18-12(9)15-11(16)8-14-7-10-2-1-4-17-10/h3,5,10,14H,1-2,4,7-8H2,(H,15,16)/p+1/t10-/m0/s1. The van der Waals surface area contributed by atoms with Gasteiger partial charge in [-0.15, -0.1) is 11.3 Å². The lowest BCUT2D eigenvalue weighted by molar-refractivity contribution is -0.649. The second-order valence-electron chi connectivity index (χ2n) is 4.19. The summed E-state index contributed by atoms with van der Waals surface area (Å²) in [4.78, 5) is 11.7. The maximum absolute atomic E-state index is 11.7. The van der Waals surface area contributed by atoms with E-state index in [0.29, 0.717) is 17.1 Å². The molecule has 0 aliphatic carbocycles. The van der Waals surface area contributed by atoms with E-state index >= 15 is 0 Å². The van der Waals surface area contributed by atoms with Crippen molar-refractivity contribution in [3.8, 4) is 6.07 Å². The van der Waals surface area contributed by atoms with Gasteiger partial charge in [-0.25, -0.2) is 0 Å². The number of ether oxygens (including phenoxy) is 1. The van der Waals surface area contributed by atoms with E-state index in [1.54, 1.807) is 11.4 Å². The molecule has 1 aliphatic heterocycles. The number of thiophene rings is 1. The predicted molar refractivity (Wildman–Crippen MR) is 68.3 cm³/mol. The van der Waals surface area contributed by atoms with Gasteiger partial charge in [-0.05, 0) is 24.3 Å². The van der Waals surface area contributed by atoms with Gasteiger partial charge in [0.1, 0.15) is 23.7 Å². The number of carbonyl (C=O) groups excluding carboxylic acids is 1. The maximum Gasteiger partial charge on any atom is 0.280 e. The van der Waals surface area contributed by atoms with Crippen molar-refractivity contribution in [3.05, 3.63) is 17.0 Å². The Bertz CT molecular complexity index is 446. The van der Waals surface area contributed by atoms with Crippen LogP contribution in [-0.4, -0.2) is 31.7 Å². The SMILES string of the molecule is N#Cc1ccsc1NC(=O)C[NH2+]C[C@@H]1CCCO1. The minimum atomic E-state index is -0.0769. The van der Waals surface area contributed by atoms with E-state index in [0.717, 1.165) is 26.0 Å². The average molecular weight is 266 g/mol. The van der Waals surface area contributed by atoms with Crippen LogP contribution in [0.5, 0.6) is 0 Å². The molecule has 0 saturated carbocycles. The number of hydrogen-bond acceptors (Lipinski definition) is 4. The Labute approximate surface area is 110 Å². The van der Waals surface area contributed by atoms with E-state index in [4.69, 9.17) is 10.00 Å². The minimum Gasteiger partial charge on any atom is -0.372 e. The molecule has 3 N–H and O–H groups in total. The summed E-state index contributed by atoms with van der Waals surface area (Å²) < 4.78 is 5.47. The Morgan fingerprint density at radius 1 is 1.72 bits per heavy atom. The lowest BCUT2D eigenvalue weighted by Crippen LogP contribution is -2.88. The molecule has 1 saturated heterocycles. The zero-order valence-corrected chi connectivity index (χ0v) is 10.8. The molecule has 1 aromatic heterocycles. The highest BCUT2D eigenvalue weighted by Crippen LogP contribution is 2.21. The van der Waals surface area contributed by atoms with Crippen LogP contribution in [0.25, 0.3) is 0 Å². The molecule has 0 aromatic carbocycles. The molecule has 2 heterocycles. The van der Waals surface area contributed by atoms with Gasteiger partial charge in [-0.2, -0.15) is 5.26 Å². The molecule has 0 bridgehead atoms. The molecule has 0 unspecified atom stereocenters. The lowest BCUT2D eigenvalue weighted by Gasteiger charge is -2.07. The Morgan fingerprint density at radius 3 is 3.33 bits per heavy atom. The molecule has 1 fully saturated rings. The molecule has 1 aliphatic rings. The molecule has 0 radical (unpaired) electrons. The smallest absolute Gasteiger partial charge is 0.280 e. The highest BCUT2D eigenvalue weighted by Gasteiger charge is 2.17. The molecular weight excluding hydrogens is 250 g/mol. The van der Waals surface area contributed by atoms with Gasteiger partial charge in [0.25, 0.3) is 5.91 Å². The van der Waals surface area contributed by atoms with Crippen LogP contribution in [0.2, 0.25) is 0 Å². The zero-order chi connectivity index (χ0) is 12.8. The Hall–Kier alpha value is -1.42. The van der Waals surface area contributed by atoms with Crippen LogP contribution in [0.3, 0.4) is 0 Å². The van der Waals surface area contributed by atoms with Crippen molar-refractivity contribution in [2.45, 2.75) is 18.9 Å². The van der Waals surface area contributed by atoms with Gasteiger partial charge in [-0.3, -0.25) is 4.79 Å². The first-order chi connectivity index (χ1) is 8.79. The maximum atomic E-state index is 11.7. The van der Waals surface area contributed by atoms with Crippen molar-refractivity contribution >= 4 is 22.2 Å². The Morgan fingerprint density at radius 2 is 2.61 bits per heavy atom. The molecule has 1 amide bonds. The lowest BCUT2D eigenvalue weighted by atomic mass is 10.2. The number of rotatable bonds is 5. The fourth-order valence-corrected chi connectivity index (χ4v) is 2.66. The van der Waals surface area contributed by atoms with Gasteiger partial charge in [-0.1, -0.05) is 0 Å². The third-order valence-corrected chi connectivity index (χ3v) is 3.65. The van der Waals surface area contributed by atoms with Crippen LogP contribution in [0.15, 0.2) is 11.4 Å². The van der Waals surface area contributed by atoms with Crippen LogP contribution in [0.4, 0.5) is 5.00 Å². The number of nitriles is 1. The first-order valence-electron chi connectivity index (χ1n) is 6.00. The van der Waals surface area contributed by atoms with Crippen LogP contribution in [-0.2, 0) is 9.53 Å². The van der Waals surface area contributed by atoms with E-state index in [-0.39, 0.29) is 12.0 Å². The summed E-state index contributed by atoms with van der Waals surface area (Å²) in [6, 6.07) is 3.75. The van der Waals surface area contributed by atoms with Crippen LogP contribution in [0, 0.1) is 11.3 Å². The molecule has 2 rings (SSSR count). The van der Waals surface area contributed by atoms with E-state index in [2.05, 4.69) is 5.32 Å². The van der Waals surface area contributed by atoms with Crippen molar-refractivity contribution in [3.63, 3.8) is 0 Å². The first kappa shape index (κ1) is 13.0. The Kier molecular flexibility index (Phi) is 4.70. The number of nitrogens with two attached hydrogens (primary N) is 1. The third kappa shape index (κ3) is 3.53. The first-order valence-corrected chi connectivity index (χ1v) is 6.88. The minimum absolute atomic E-state index is 0.0769. The molecular formula is C12H16N3O2S+. The summed E-state index contributed by atoms with van der Waals surface area (Å²) >= 11 is 1.37. The average Bonchev–Trinajstić information content (AvgIpc) is 3.00. The molecule has 1 aromatic rings. The molecule has 1 atom stereocenters. The molecule has 0 spiro atoms. The summed E-state index contributed by atoms with van der Waals surface area (Å²) in [5.74, 6) is -0.0769. The normalized spacial score (nSPS) is 18.5. The molecule has 96 valence electrons. The van der Waals surface area contributed by atoms with Gasteiger partial charge in [0.2, 0.25) is 0 Å². The van der Waals surface area contributed by atoms with Crippen LogP contribution < -0.4 is 10.6 Å². The van der Waals surface area contributed by atoms with Crippen molar-refractivity contribution in [2.24, 2.45) is 0 Å². The van der Waals surface area contributed by atoms with Crippen molar-refractivity contribution < 1.29 is 14.8 Å². The van der Waals surface area contributed by atoms with E-state index in [1.807, 2.05) is 11.4 Å². The van der Waals surface area contributed by atoms with Gasteiger partial charge < -0.3 is 15.4 Å². The van der Waals surface area contributed by atoms with Crippen molar-refractivity contribution in [1.29, 1.82) is 5.26 Å². The van der Waals surface area contributed by atoms with Crippen LogP contribution >= 0.6 is 11.3 Å². The zero-order valence-electron chi connectivity index (χ0n) is 10.0. The number of nitrogens with zero attached hydrogens (tertiary/aromatic N) is 1. The highest BCUT2D eigenvalue weighted by molar-refractivity contribution is 7.14. The van der Waals surface area contributed by atoms with Gasteiger partial charge in [0.15, 0.2) is 6.54 Å². The summed E-state index contributed by atoms with van der Waals surface area (Å²) in [7, 11) is 0. The monoisotopic (exact) mass is 266 g/mol. The van der Waals surface area contributed by atoms with Gasteiger partial charge >= 0.3 is 0 Å². The summed E-state index contributed by atoms with van der Waals surface area (Å²) in [6.45, 7) is 2.02. The summed E-state index contributed by atoms with van der Waals surface area (Å²) in [6.07, 6.45) is 2.49. The topological polar surface area (TPSA) is 78.7 Å². The van der Waals surface area contributed by atoms with Crippen molar-refractivity contribution in [1.82, 2.24) is 0 Å². The third-order valence-electron chi connectivity index (χ3n) is 2.82. The summed E-state index contributed by atoms with van der Waals surface area (Å²) in [5, 5.41) is 16.0. The number of hydrogen-bond donors (Lipinski definition) is 2. The molecule has 6 heteroatoms. The number of carbonyl (C=O) groups is 1. The fraction of sp³-hybridized carbons (Fsp3) is 0.500. The second kappa shape index (κ2) is 6.50. The van der Waals surface area contributed by atoms with E-state index in [1.165, 1.54) is 11.3 Å². The Balaban J connectivity index is 1.70. The van der Waals surface area contributed by atoms with E-state index in [9.17, 15) is 4.79 Å². The van der Waals surface area contributed by atoms with Gasteiger partial charge in [0, 0.05) is 6.61 Å². The highest BCUT2D eigenvalue weighted by atomic mass is 32.1. The number of quaternary nitrogens is 1. The number of amides is 1. The van der Waals surface area contributed by atoms with Gasteiger partial charge in [0.05, 0.1) is 5.56 Å². The van der Waals surface area contributed by atoms with Crippen molar-refractivity contribution in [2.75, 3.05) is 25.0 Å². The van der Waals surface area contributed by atoms with E-state index < -0.39 is 0 Å². The molecule has 18 heavy (non-hydrogen) atoms. The predicted octanol–water partition coefficient (Wildman–Crippen LogP) is 0.301. The summed E-state index contributed by atoms with van der Waals surface area (Å²) in [5.41, 5.74) is 0.521. The number of anilines is 1. The quantitative estimate of drug-likeness (QED) is 0.804. The number of nitrogens with one attached hydrogen (secondary N) is 1. The largest absolute Gasteiger partial charge is 0.372 e. The fourth-order valence-electron chi connectivity index (χ4n) is 1.90. The second-order valence-corrected chi connectivity index (χ2v) is 5.10. The van der Waals surface area contributed by atoms with Crippen LogP contribution in [0.1, 0.15) is 18.4 Å².